The van der Waals surface area contributed by atoms with Gasteiger partial charge in [0.2, 0.25) is 0 Å². The maximum absolute atomic E-state index is 13.8. The van der Waals surface area contributed by atoms with Crippen molar-refractivity contribution in [3.05, 3.63) is 85.3 Å². The molecular formula is C22H15BrCl2F2N2O3. The van der Waals surface area contributed by atoms with Gasteiger partial charge in [-0.15, -0.1) is 0 Å². The maximum atomic E-state index is 13.8. The Kier molecular flexibility index (Phi) is 7.38. The number of hydrogen-bond donors (Lipinski definition) is 2. The lowest BCUT2D eigenvalue weighted by Gasteiger charge is -2.17. The number of nitrogens with one attached hydrogen (secondary N) is 2. The molecule has 0 atom stereocenters. The number of hydrogen-bond acceptors (Lipinski definition) is 3. The monoisotopic (exact) mass is 542 g/mol. The van der Waals surface area contributed by atoms with Gasteiger partial charge in [0.05, 0.1) is 15.2 Å². The number of imide groups is 1. The minimum absolute atomic E-state index is 0.171. The molecule has 3 aromatic carbocycles. The van der Waals surface area contributed by atoms with E-state index in [1.54, 1.807) is 38.1 Å². The zero-order chi connectivity index (χ0) is 23.6. The van der Waals surface area contributed by atoms with E-state index in [4.69, 9.17) is 27.9 Å². The smallest absolute Gasteiger partial charge is 0.326 e. The van der Waals surface area contributed by atoms with Gasteiger partial charge in [-0.05, 0) is 71.7 Å². The Morgan fingerprint density at radius 2 is 1.66 bits per heavy atom. The first-order chi connectivity index (χ1) is 15.1. The molecule has 0 bridgehead atoms. The summed E-state index contributed by atoms with van der Waals surface area (Å²) in [6, 6.07) is 8.61. The van der Waals surface area contributed by atoms with Gasteiger partial charge >= 0.3 is 6.03 Å². The second-order valence-corrected chi connectivity index (χ2v) is 8.36. The first-order valence-electron chi connectivity index (χ1n) is 9.07. The van der Waals surface area contributed by atoms with Crippen LogP contribution < -0.4 is 15.4 Å². The number of urea groups is 1. The first kappa shape index (κ1) is 24.0. The van der Waals surface area contributed by atoms with E-state index in [9.17, 15) is 18.4 Å². The number of amides is 3. The lowest BCUT2D eigenvalue weighted by Crippen LogP contribution is -2.35. The molecule has 3 aromatic rings. The van der Waals surface area contributed by atoms with Crippen molar-refractivity contribution in [3.8, 4) is 11.5 Å². The Balaban J connectivity index is 1.81. The SMILES string of the molecule is Cc1cc(Oc2ccc(Cl)cc2Br)c(C)c(Cl)c1NC(=O)NC(=O)c1c(F)cccc1F. The molecule has 0 heterocycles. The van der Waals surface area contributed by atoms with Gasteiger partial charge in [0.1, 0.15) is 28.7 Å². The highest BCUT2D eigenvalue weighted by Crippen LogP contribution is 2.39. The van der Waals surface area contributed by atoms with Crippen molar-refractivity contribution in [3.63, 3.8) is 0 Å². The van der Waals surface area contributed by atoms with E-state index in [1.807, 2.05) is 5.32 Å². The third kappa shape index (κ3) is 5.20. The van der Waals surface area contributed by atoms with Crippen LogP contribution in [0.2, 0.25) is 10.0 Å². The number of aryl methyl sites for hydroxylation is 1. The van der Waals surface area contributed by atoms with Crippen LogP contribution >= 0.6 is 39.1 Å². The van der Waals surface area contributed by atoms with Crippen LogP contribution in [0.1, 0.15) is 21.5 Å². The zero-order valence-electron chi connectivity index (χ0n) is 16.7. The number of benzene rings is 3. The third-order valence-corrected chi connectivity index (χ3v) is 5.76. The van der Waals surface area contributed by atoms with Crippen LogP contribution in [0.5, 0.6) is 11.5 Å². The summed E-state index contributed by atoms with van der Waals surface area (Å²) in [5.74, 6) is -2.46. The predicted molar refractivity (Wildman–Crippen MR) is 123 cm³/mol. The highest BCUT2D eigenvalue weighted by Gasteiger charge is 2.21. The van der Waals surface area contributed by atoms with Gasteiger partial charge in [0.15, 0.2) is 0 Å². The number of ether oxygens (including phenoxy) is 1. The largest absolute Gasteiger partial charge is 0.456 e. The summed E-state index contributed by atoms with van der Waals surface area (Å²) in [7, 11) is 0. The standard InChI is InChI=1S/C22H15BrCl2F2N2O3/c1-10-8-17(32-16-7-6-12(24)9-13(16)23)11(2)19(25)20(10)28-22(31)29-21(30)18-14(26)4-3-5-15(18)27/h3-9H,1-2H3,(H2,28,29,30,31). The maximum Gasteiger partial charge on any atom is 0.326 e. The van der Waals surface area contributed by atoms with Crippen LogP contribution in [0.25, 0.3) is 0 Å². The van der Waals surface area contributed by atoms with E-state index in [2.05, 4.69) is 21.2 Å². The van der Waals surface area contributed by atoms with Crippen molar-refractivity contribution in [2.75, 3.05) is 5.32 Å². The van der Waals surface area contributed by atoms with Gasteiger partial charge in [-0.3, -0.25) is 10.1 Å². The fourth-order valence-electron chi connectivity index (χ4n) is 2.81. The summed E-state index contributed by atoms with van der Waals surface area (Å²) in [5.41, 5.74) is 0.395. The molecule has 0 saturated carbocycles. The molecule has 2 N–H and O–H groups in total. The van der Waals surface area contributed by atoms with Gasteiger partial charge in [-0.1, -0.05) is 29.3 Å². The molecule has 0 aliphatic rings. The Labute approximate surface area is 200 Å². The van der Waals surface area contributed by atoms with Crippen LogP contribution in [0.4, 0.5) is 19.3 Å². The normalized spacial score (nSPS) is 10.6. The number of carbonyl (C=O) groups excluding carboxylic acids is 2. The number of rotatable bonds is 4. The second kappa shape index (κ2) is 9.85. The van der Waals surface area contributed by atoms with Gasteiger partial charge in [-0.25, -0.2) is 13.6 Å². The first-order valence-corrected chi connectivity index (χ1v) is 10.6. The van der Waals surface area contributed by atoms with Crippen molar-refractivity contribution in [2.45, 2.75) is 13.8 Å². The molecule has 0 aromatic heterocycles. The summed E-state index contributed by atoms with van der Waals surface area (Å²) in [5, 5.41) is 5.03. The molecule has 3 amide bonds. The highest BCUT2D eigenvalue weighted by molar-refractivity contribution is 9.10. The van der Waals surface area contributed by atoms with Gasteiger partial charge in [-0.2, -0.15) is 0 Å². The molecule has 32 heavy (non-hydrogen) atoms. The molecule has 0 radical (unpaired) electrons. The van der Waals surface area contributed by atoms with Gasteiger partial charge in [0, 0.05) is 10.6 Å². The molecule has 3 rings (SSSR count). The minimum atomic E-state index is -1.23. The number of carbonyl (C=O) groups is 2. The number of anilines is 1. The van der Waals surface area contributed by atoms with Crippen LogP contribution in [0.3, 0.4) is 0 Å². The van der Waals surface area contributed by atoms with E-state index in [0.29, 0.717) is 32.1 Å². The minimum Gasteiger partial charge on any atom is -0.456 e. The van der Waals surface area contributed by atoms with E-state index >= 15 is 0 Å². The molecule has 0 aliphatic carbocycles. The fourth-order valence-corrected chi connectivity index (χ4v) is 3.86. The molecule has 10 heteroatoms. The van der Waals surface area contributed by atoms with E-state index in [0.717, 1.165) is 18.2 Å². The summed E-state index contributed by atoms with van der Waals surface area (Å²) in [6.45, 7) is 3.35. The molecular weight excluding hydrogens is 529 g/mol. The Morgan fingerprint density at radius 3 is 2.28 bits per heavy atom. The van der Waals surface area contributed by atoms with E-state index in [1.165, 1.54) is 0 Å². The van der Waals surface area contributed by atoms with Crippen LogP contribution in [-0.2, 0) is 0 Å². The third-order valence-electron chi connectivity index (χ3n) is 4.43. The summed E-state index contributed by atoms with van der Waals surface area (Å²) >= 11 is 15.7. The van der Waals surface area contributed by atoms with Crippen LogP contribution in [0.15, 0.2) is 46.9 Å². The Hall–Kier alpha value is -2.68. The quantitative estimate of drug-likeness (QED) is 0.360. The molecule has 0 saturated heterocycles. The Morgan fingerprint density at radius 1 is 1.00 bits per heavy atom. The van der Waals surface area contributed by atoms with Crippen molar-refractivity contribution >= 4 is 56.8 Å². The van der Waals surface area contributed by atoms with Gasteiger partial charge in [0.25, 0.3) is 5.91 Å². The summed E-state index contributed by atoms with van der Waals surface area (Å²) in [6.07, 6.45) is 0. The Bertz CT molecular complexity index is 1220. The lowest BCUT2D eigenvalue weighted by atomic mass is 10.1. The number of halogens is 5. The highest BCUT2D eigenvalue weighted by atomic mass is 79.9. The van der Waals surface area contributed by atoms with Crippen LogP contribution in [-0.4, -0.2) is 11.9 Å². The summed E-state index contributed by atoms with van der Waals surface area (Å²) in [4.78, 5) is 24.4. The summed E-state index contributed by atoms with van der Waals surface area (Å²) < 4.78 is 34.1. The molecule has 0 spiro atoms. The average Bonchev–Trinajstić information content (AvgIpc) is 2.71. The van der Waals surface area contributed by atoms with Crippen molar-refractivity contribution in [1.82, 2.24) is 5.32 Å². The predicted octanol–water partition coefficient (Wildman–Crippen LogP) is 7.41. The zero-order valence-corrected chi connectivity index (χ0v) is 19.8. The molecule has 5 nitrogen and oxygen atoms in total. The fraction of sp³-hybridized carbons (Fsp3) is 0.0909. The molecule has 0 unspecified atom stereocenters. The molecule has 166 valence electrons. The van der Waals surface area contributed by atoms with E-state index < -0.39 is 29.1 Å². The van der Waals surface area contributed by atoms with Gasteiger partial charge < -0.3 is 10.1 Å². The average molecular weight is 544 g/mol. The van der Waals surface area contributed by atoms with Crippen LogP contribution in [0, 0.1) is 25.5 Å². The van der Waals surface area contributed by atoms with Crippen molar-refractivity contribution in [1.29, 1.82) is 0 Å². The topological polar surface area (TPSA) is 67.4 Å². The lowest BCUT2D eigenvalue weighted by molar-refractivity contribution is 0.0959. The van der Waals surface area contributed by atoms with E-state index in [-0.39, 0.29) is 10.7 Å². The van der Waals surface area contributed by atoms with Crippen molar-refractivity contribution < 1.29 is 23.1 Å². The molecule has 0 fully saturated rings. The van der Waals surface area contributed by atoms with Crippen molar-refractivity contribution in [2.24, 2.45) is 0 Å². The molecule has 0 aliphatic heterocycles. The second-order valence-electron chi connectivity index (χ2n) is 6.69.